The minimum absolute atomic E-state index is 0.0151. The number of amides is 1. The van der Waals surface area contributed by atoms with Crippen LogP contribution in [0.3, 0.4) is 0 Å². The molecule has 0 aromatic heterocycles. The first kappa shape index (κ1) is 16.4. The van der Waals surface area contributed by atoms with E-state index < -0.39 is 0 Å². The summed E-state index contributed by atoms with van der Waals surface area (Å²) in [5.41, 5.74) is -0.178. The third kappa shape index (κ3) is 7.53. The Balaban J connectivity index is 2.14. The number of ether oxygens (including phenoxy) is 1. The fraction of sp³-hybridized carbons (Fsp3) is 0.933. The lowest BCUT2D eigenvalue weighted by Crippen LogP contribution is -2.43. The number of nitrogens with one attached hydrogen (secondary N) is 2. The van der Waals surface area contributed by atoms with Gasteiger partial charge in [-0.15, -0.1) is 0 Å². The fourth-order valence-corrected chi connectivity index (χ4v) is 2.43. The highest BCUT2D eigenvalue weighted by Crippen LogP contribution is 2.21. The smallest absolute Gasteiger partial charge is 0.246 e. The van der Waals surface area contributed by atoms with Gasteiger partial charge in [0.15, 0.2) is 0 Å². The van der Waals surface area contributed by atoms with Crippen LogP contribution in [0.4, 0.5) is 0 Å². The molecule has 1 rings (SSSR count). The molecule has 1 aliphatic carbocycles. The molecule has 19 heavy (non-hydrogen) atoms. The zero-order valence-electron chi connectivity index (χ0n) is 12.9. The molecule has 0 radical (unpaired) electrons. The molecule has 112 valence electrons. The summed E-state index contributed by atoms with van der Waals surface area (Å²) in [4.78, 5) is 11.7. The normalized spacial score (nSPS) is 24.2. The van der Waals surface area contributed by atoms with Gasteiger partial charge in [-0.2, -0.15) is 0 Å². The second kappa shape index (κ2) is 7.85. The molecular weight excluding hydrogens is 240 g/mol. The molecule has 0 saturated heterocycles. The third-order valence-corrected chi connectivity index (χ3v) is 3.32. The molecule has 0 aromatic rings. The first-order valence-electron chi connectivity index (χ1n) is 7.56. The van der Waals surface area contributed by atoms with E-state index in [1.54, 1.807) is 0 Å². The van der Waals surface area contributed by atoms with Crippen LogP contribution in [0, 0.1) is 0 Å². The molecule has 2 N–H and O–H groups in total. The van der Waals surface area contributed by atoms with E-state index >= 15 is 0 Å². The van der Waals surface area contributed by atoms with Crippen LogP contribution < -0.4 is 10.6 Å². The first-order chi connectivity index (χ1) is 8.90. The predicted octanol–water partition coefficient (Wildman–Crippen LogP) is 2.23. The summed E-state index contributed by atoms with van der Waals surface area (Å²) >= 11 is 0. The Hall–Kier alpha value is -0.610. The monoisotopic (exact) mass is 270 g/mol. The van der Waals surface area contributed by atoms with Crippen molar-refractivity contribution in [3.63, 3.8) is 0 Å². The van der Waals surface area contributed by atoms with E-state index in [9.17, 15) is 4.79 Å². The zero-order chi connectivity index (χ0) is 14.3. The van der Waals surface area contributed by atoms with E-state index in [1.807, 2.05) is 20.8 Å². The summed E-state index contributed by atoms with van der Waals surface area (Å²) in [6, 6.07) is 0.642. The summed E-state index contributed by atoms with van der Waals surface area (Å²) in [7, 11) is 0. The predicted molar refractivity (Wildman–Crippen MR) is 78.2 cm³/mol. The Morgan fingerprint density at radius 1 is 1.21 bits per heavy atom. The largest absolute Gasteiger partial charge is 0.368 e. The van der Waals surface area contributed by atoms with Gasteiger partial charge in [0, 0.05) is 11.6 Å². The maximum absolute atomic E-state index is 11.7. The van der Waals surface area contributed by atoms with Gasteiger partial charge in [0.1, 0.15) is 6.61 Å². The van der Waals surface area contributed by atoms with Crippen molar-refractivity contribution in [1.29, 1.82) is 0 Å². The van der Waals surface area contributed by atoms with Gasteiger partial charge in [-0.25, -0.2) is 0 Å². The molecule has 0 bridgehead atoms. The average Bonchev–Trinajstić information content (AvgIpc) is 2.33. The Morgan fingerprint density at radius 2 is 1.84 bits per heavy atom. The van der Waals surface area contributed by atoms with Gasteiger partial charge in [-0.3, -0.25) is 4.79 Å². The van der Waals surface area contributed by atoms with E-state index in [0.717, 1.165) is 32.2 Å². The Bertz CT molecular complexity index is 266. The van der Waals surface area contributed by atoms with Gasteiger partial charge in [0.2, 0.25) is 5.91 Å². The lowest BCUT2D eigenvalue weighted by Gasteiger charge is -2.29. The molecule has 1 fully saturated rings. The standard InChI is InChI=1S/C15H30N2O2/c1-5-10-16-12-6-8-13(9-7-12)19-11-14(18)17-15(2,3)4/h12-13,16H,5-11H2,1-4H3,(H,17,18). The van der Waals surface area contributed by atoms with Gasteiger partial charge in [-0.1, -0.05) is 6.92 Å². The van der Waals surface area contributed by atoms with E-state index in [0.29, 0.717) is 6.04 Å². The molecule has 0 aliphatic heterocycles. The van der Waals surface area contributed by atoms with Crippen molar-refractivity contribution in [2.45, 2.75) is 77.5 Å². The second-order valence-electron chi connectivity index (χ2n) is 6.54. The molecule has 1 amide bonds. The maximum atomic E-state index is 11.7. The lowest BCUT2D eigenvalue weighted by molar-refractivity contribution is -0.129. The molecule has 0 unspecified atom stereocenters. The fourth-order valence-electron chi connectivity index (χ4n) is 2.43. The third-order valence-electron chi connectivity index (χ3n) is 3.32. The highest BCUT2D eigenvalue weighted by Gasteiger charge is 2.22. The van der Waals surface area contributed by atoms with E-state index in [2.05, 4.69) is 17.6 Å². The summed E-state index contributed by atoms with van der Waals surface area (Å²) in [5.74, 6) is -0.0151. The number of hydrogen-bond donors (Lipinski definition) is 2. The second-order valence-corrected chi connectivity index (χ2v) is 6.54. The van der Waals surface area contributed by atoms with Crippen molar-refractivity contribution in [2.24, 2.45) is 0 Å². The van der Waals surface area contributed by atoms with Gasteiger partial charge < -0.3 is 15.4 Å². The molecule has 4 heteroatoms. The average molecular weight is 270 g/mol. The Kier molecular flexibility index (Phi) is 6.80. The van der Waals surface area contributed by atoms with E-state index in [1.165, 1.54) is 6.42 Å². The highest BCUT2D eigenvalue weighted by atomic mass is 16.5. The SMILES string of the molecule is CCCNC1CCC(OCC(=O)NC(C)(C)C)CC1. The minimum atomic E-state index is -0.178. The van der Waals surface area contributed by atoms with Crippen LogP contribution in [0.15, 0.2) is 0 Å². The Labute approximate surface area is 117 Å². The molecule has 4 nitrogen and oxygen atoms in total. The summed E-state index contributed by atoms with van der Waals surface area (Å²) < 4.78 is 5.70. The maximum Gasteiger partial charge on any atom is 0.246 e. The minimum Gasteiger partial charge on any atom is -0.368 e. The van der Waals surface area contributed by atoms with Gasteiger partial charge >= 0.3 is 0 Å². The van der Waals surface area contributed by atoms with Crippen LogP contribution in [0.1, 0.15) is 59.8 Å². The summed E-state index contributed by atoms with van der Waals surface area (Å²) in [6.07, 6.45) is 5.87. The van der Waals surface area contributed by atoms with E-state index in [-0.39, 0.29) is 24.2 Å². The summed E-state index contributed by atoms with van der Waals surface area (Å²) in [5, 5.41) is 6.47. The number of carbonyl (C=O) groups is 1. The van der Waals surface area contributed by atoms with Crippen LogP contribution in [-0.2, 0) is 9.53 Å². The van der Waals surface area contributed by atoms with Crippen LogP contribution in [0.25, 0.3) is 0 Å². The van der Waals surface area contributed by atoms with Gasteiger partial charge in [0.25, 0.3) is 0 Å². The molecule has 1 saturated carbocycles. The van der Waals surface area contributed by atoms with Crippen molar-refractivity contribution in [1.82, 2.24) is 10.6 Å². The quantitative estimate of drug-likeness (QED) is 0.778. The number of hydrogen-bond acceptors (Lipinski definition) is 3. The number of carbonyl (C=O) groups excluding carboxylic acids is 1. The highest BCUT2D eigenvalue weighted by molar-refractivity contribution is 5.77. The van der Waals surface area contributed by atoms with E-state index in [4.69, 9.17) is 4.74 Å². The zero-order valence-corrected chi connectivity index (χ0v) is 12.9. The number of rotatable bonds is 6. The van der Waals surface area contributed by atoms with Gasteiger partial charge in [-0.05, 0) is 59.4 Å². The molecule has 0 spiro atoms. The Morgan fingerprint density at radius 3 is 2.37 bits per heavy atom. The lowest BCUT2D eigenvalue weighted by atomic mass is 9.93. The van der Waals surface area contributed by atoms with Crippen molar-refractivity contribution < 1.29 is 9.53 Å². The van der Waals surface area contributed by atoms with Crippen LogP contribution in [0.2, 0.25) is 0 Å². The molecule has 0 aromatic carbocycles. The molecule has 0 heterocycles. The van der Waals surface area contributed by atoms with Crippen molar-refractivity contribution in [2.75, 3.05) is 13.2 Å². The van der Waals surface area contributed by atoms with Crippen molar-refractivity contribution in [3.8, 4) is 0 Å². The molecule has 0 atom stereocenters. The molecular formula is C15H30N2O2. The first-order valence-corrected chi connectivity index (χ1v) is 7.56. The topological polar surface area (TPSA) is 50.4 Å². The summed E-state index contributed by atoms with van der Waals surface area (Å²) in [6.45, 7) is 9.43. The van der Waals surface area contributed by atoms with Gasteiger partial charge in [0.05, 0.1) is 6.10 Å². The van der Waals surface area contributed by atoms with Crippen molar-refractivity contribution in [3.05, 3.63) is 0 Å². The molecule has 1 aliphatic rings. The van der Waals surface area contributed by atoms with Crippen molar-refractivity contribution >= 4 is 5.91 Å². The van der Waals surface area contributed by atoms with Crippen LogP contribution in [-0.4, -0.2) is 36.7 Å². The van der Waals surface area contributed by atoms with Crippen LogP contribution >= 0.6 is 0 Å². The van der Waals surface area contributed by atoms with Crippen LogP contribution in [0.5, 0.6) is 0 Å².